The molecule has 3 nitrogen and oxygen atoms in total. The quantitative estimate of drug-likeness (QED) is 0.836. The van der Waals surface area contributed by atoms with Crippen LogP contribution < -0.4 is 4.74 Å². The standard InChI is InChI=1S/C10H9ClF2O3/c1-5-2-7(9(14)15)6(4-11)3-8(5)16-10(12)13/h2-3,10H,4H2,1H3,(H,14,15). The van der Waals surface area contributed by atoms with Crippen molar-refractivity contribution in [1.29, 1.82) is 0 Å². The lowest BCUT2D eigenvalue weighted by atomic mass is 10.0. The third-order valence-electron chi connectivity index (χ3n) is 1.99. The van der Waals surface area contributed by atoms with Gasteiger partial charge in [0, 0.05) is 5.88 Å². The molecule has 0 aliphatic heterocycles. The van der Waals surface area contributed by atoms with Crippen LogP contribution in [0.15, 0.2) is 12.1 Å². The lowest BCUT2D eigenvalue weighted by Gasteiger charge is -2.11. The molecule has 0 saturated heterocycles. The summed E-state index contributed by atoms with van der Waals surface area (Å²) in [4.78, 5) is 10.8. The van der Waals surface area contributed by atoms with Crippen molar-refractivity contribution in [2.24, 2.45) is 0 Å². The molecule has 0 heterocycles. The normalized spacial score (nSPS) is 10.6. The first-order valence-electron chi connectivity index (χ1n) is 4.33. The number of carboxylic acids is 1. The molecular weight excluding hydrogens is 242 g/mol. The van der Waals surface area contributed by atoms with Crippen LogP contribution in [0.25, 0.3) is 0 Å². The van der Waals surface area contributed by atoms with Gasteiger partial charge < -0.3 is 9.84 Å². The lowest BCUT2D eigenvalue weighted by molar-refractivity contribution is -0.0503. The maximum Gasteiger partial charge on any atom is 0.387 e. The average Bonchev–Trinajstić information content (AvgIpc) is 2.19. The minimum absolute atomic E-state index is 0.00545. The van der Waals surface area contributed by atoms with Crippen LogP contribution in [0.1, 0.15) is 21.5 Å². The summed E-state index contributed by atoms with van der Waals surface area (Å²) in [5.41, 5.74) is 0.566. The molecule has 0 aliphatic rings. The van der Waals surface area contributed by atoms with Gasteiger partial charge in [-0.25, -0.2) is 4.79 Å². The lowest BCUT2D eigenvalue weighted by Crippen LogP contribution is -2.07. The molecule has 0 spiro atoms. The van der Waals surface area contributed by atoms with E-state index in [9.17, 15) is 13.6 Å². The van der Waals surface area contributed by atoms with E-state index in [1.54, 1.807) is 0 Å². The van der Waals surface area contributed by atoms with Gasteiger partial charge >= 0.3 is 12.6 Å². The maximum atomic E-state index is 12.0. The maximum absolute atomic E-state index is 12.0. The molecule has 0 fully saturated rings. The average molecular weight is 251 g/mol. The molecule has 0 radical (unpaired) electrons. The highest BCUT2D eigenvalue weighted by molar-refractivity contribution is 6.17. The Kier molecular flexibility index (Phi) is 4.06. The minimum atomic E-state index is -2.95. The van der Waals surface area contributed by atoms with Gasteiger partial charge in [0.25, 0.3) is 0 Å². The Hall–Kier alpha value is -1.36. The predicted molar refractivity (Wildman–Crippen MR) is 54.3 cm³/mol. The molecule has 0 unspecified atom stereocenters. The number of alkyl halides is 3. The topological polar surface area (TPSA) is 46.5 Å². The molecule has 88 valence electrons. The Labute approximate surface area is 95.6 Å². The molecule has 0 amide bonds. The van der Waals surface area contributed by atoms with Gasteiger partial charge in [0.05, 0.1) is 5.56 Å². The number of benzene rings is 1. The van der Waals surface area contributed by atoms with Crippen LogP contribution in [0.2, 0.25) is 0 Å². The van der Waals surface area contributed by atoms with E-state index < -0.39 is 12.6 Å². The summed E-state index contributed by atoms with van der Waals surface area (Å²) in [5.74, 6) is -1.29. The Morgan fingerprint density at radius 1 is 1.56 bits per heavy atom. The van der Waals surface area contributed by atoms with Crippen molar-refractivity contribution < 1.29 is 23.4 Å². The molecule has 0 aromatic heterocycles. The number of hydrogen-bond acceptors (Lipinski definition) is 2. The van der Waals surface area contributed by atoms with Crippen LogP contribution in [-0.4, -0.2) is 17.7 Å². The summed E-state index contributed by atoms with van der Waals surface area (Å²) in [6.45, 7) is -1.46. The van der Waals surface area contributed by atoms with Gasteiger partial charge in [-0.15, -0.1) is 11.6 Å². The molecule has 0 atom stereocenters. The highest BCUT2D eigenvalue weighted by atomic mass is 35.5. The van der Waals surface area contributed by atoms with Gasteiger partial charge in [-0.1, -0.05) is 0 Å². The number of carboxylic acid groups (broad SMARTS) is 1. The first kappa shape index (κ1) is 12.7. The van der Waals surface area contributed by atoms with E-state index in [1.807, 2.05) is 0 Å². The summed E-state index contributed by atoms with van der Waals surface area (Å²) in [6, 6.07) is 2.48. The molecule has 1 aromatic rings. The monoisotopic (exact) mass is 250 g/mol. The molecule has 0 bridgehead atoms. The fourth-order valence-corrected chi connectivity index (χ4v) is 1.48. The summed E-state index contributed by atoms with van der Waals surface area (Å²) in [6.07, 6.45) is 0. The van der Waals surface area contributed by atoms with Crippen molar-refractivity contribution in [1.82, 2.24) is 0 Å². The summed E-state index contributed by atoms with van der Waals surface area (Å²) in [5, 5.41) is 8.85. The molecule has 6 heteroatoms. The van der Waals surface area contributed by atoms with Crippen molar-refractivity contribution >= 4 is 17.6 Å². The van der Waals surface area contributed by atoms with Crippen LogP contribution in [0.3, 0.4) is 0 Å². The van der Waals surface area contributed by atoms with E-state index in [2.05, 4.69) is 4.74 Å². The second kappa shape index (κ2) is 5.12. The van der Waals surface area contributed by atoms with Gasteiger partial charge in [0.15, 0.2) is 0 Å². The highest BCUT2D eigenvalue weighted by Gasteiger charge is 2.15. The van der Waals surface area contributed by atoms with Gasteiger partial charge in [0.1, 0.15) is 5.75 Å². The number of aryl methyl sites for hydroxylation is 1. The van der Waals surface area contributed by atoms with E-state index in [0.29, 0.717) is 5.56 Å². The fraction of sp³-hybridized carbons (Fsp3) is 0.300. The van der Waals surface area contributed by atoms with Crippen LogP contribution in [-0.2, 0) is 5.88 Å². The first-order valence-corrected chi connectivity index (χ1v) is 4.86. The number of rotatable bonds is 4. The zero-order chi connectivity index (χ0) is 12.3. The second-order valence-electron chi connectivity index (χ2n) is 3.09. The molecule has 1 rings (SSSR count). The number of hydrogen-bond donors (Lipinski definition) is 1. The minimum Gasteiger partial charge on any atom is -0.478 e. The molecule has 0 aliphatic carbocycles. The SMILES string of the molecule is Cc1cc(C(=O)O)c(CCl)cc1OC(F)F. The van der Waals surface area contributed by atoms with Crippen molar-refractivity contribution in [3.8, 4) is 5.75 Å². The molecule has 0 saturated carbocycles. The summed E-state index contributed by atoms with van der Waals surface area (Å²) in [7, 11) is 0. The Balaban J connectivity index is 3.20. The third-order valence-corrected chi connectivity index (χ3v) is 2.28. The largest absolute Gasteiger partial charge is 0.478 e. The third kappa shape index (κ3) is 2.82. The zero-order valence-electron chi connectivity index (χ0n) is 8.34. The van der Waals surface area contributed by atoms with Crippen molar-refractivity contribution in [2.75, 3.05) is 0 Å². The molecule has 1 N–H and O–H groups in total. The Morgan fingerprint density at radius 3 is 2.62 bits per heavy atom. The Bertz CT molecular complexity index is 407. The molecule has 1 aromatic carbocycles. The number of halogens is 3. The number of ether oxygens (including phenoxy) is 1. The van der Waals surface area contributed by atoms with Crippen LogP contribution in [0.4, 0.5) is 8.78 Å². The highest BCUT2D eigenvalue weighted by Crippen LogP contribution is 2.26. The van der Waals surface area contributed by atoms with E-state index >= 15 is 0 Å². The van der Waals surface area contributed by atoms with Crippen molar-refractivity contribution in [3.63, 3.8) is 0 Å². The molecular formula is C10H9ClF2O3. The van der Waals surface area contributed by atoms with Gasteiger partial charge in [-0.3, -0.25) is 0 Å². The number of aromatic carboxylic acids is 1. The second-order valence-corrected chi connectivity index (χ2v) is 3.36. The smallest absolute Gasteiger partial charge is 0.387 e. The van der Waals surface area contributed by atoms with E-state index in [4.69, 9.17) is 16.7 Å². The van der Waals surface area contributed by atoms with Gasteiger partial charge in [-0.2, -0.15) is 8.78 Å². The Morgan fingerprint density at radius 2 is 2.19 bits per heavy atom. The first-order chi connectivity index (χ1) is 7.45. The fourth-order valence-electron chi connectivity index (χ4n) is 1.26. The van der Waals surface area contributed by atoms with Crippen LogP contribution in [0, 0.1) is 6.92 Å². The van der Waals surface area contributed by atoms with Crippen LogP contribution >= 0.6 is 11.6 Å². The summed E-state index contributed by atoms with van der Waals surface area (Å²) >= 11 is 5.53. The zero-order valence-corrected chi connectivity index (χ0v) is 9.09. The summed E-state index contributed by atoms with van der Waals surface area (Å²) < 4.78 is 28.3. The van der Waals surface area contributed by atoms with Crippen molar-refractivity contribution in [3.05, 3.63) is 28.8 Å². The van der Waals surface area contributed by atoms with Gasteiger partial charge in [0.2, 0.25) is 0 Å². The van der Waals surface area contributed by atoms with E-state index in [0.717, 1.165) is 0 Å². The predicted octanol–water partition coefficient (Wildman–Crippen LogP) is 3.03. The van der Waals surface area contributed by atoms with Crippen molar-refractivity contribution in [2.45, 2.75) is 19.4 Å². The van der Waals surface area contributed by atoms with Crippen LogP contribution in [0.5, 0.6) is 5.75 Å². The van der Waals surface area contributed by atoms with E-state index in [1.165, 1.54) is 19.1 Å². The molecule has 16 heavy (non-hydrogen) atoms. The van der Waals surface area contributed by atoms with E-state index in [-0.39, 0.29) is 22.8 Å². The number of carbonyl (C=O) groups is 1. The van der Waals surface area contributed by atoms with Gasteiger partial charge in [-0.05, 0) is 30.2 Å².